The Labute approximate surface area is 160 Å². The number of amides is 1. The largest absolute Gasteiger partial charge is 0.353 e. The topological polar surface area (TPSA) is 83.8 Å². The summed E-state index contributed by atoms with van der Waals surface area (Å²) in [4.78, 5) is 12.8. The van der Waals surface area contributed by atoms with Crippen molar-refractivity contribution in [2.75, 3.05) is 6.54 Å². The summed E-state index contributed by atoms with van der Waals surface area (Å²) >= 11 is 0. The zero-order valence-corrected chi connectivity index (χ0v) is 16.0. The highest BCUT2D eigenvalue weighted by molar-refractivity contribution is 5.83. The number of nitrogens with one attached hydrogen (secondary N) is 2. The van der Waals surface area contributed by atoms with Crippen LogP contribution in [0.25, 0.3) is 0 Å². The van der Waals surface area contributed by atoms with Crippen LogP contribution in [0.5, 0.6) is 0 Å². The predicted octanol–water partition coefficient (Wildman–Crippen LogP) is 3.15. The molecule has 0 spiro atoms. The molecule has 4 N–H and O–H groups in total. The lowest BCUT2D eigenvalue weighted by atomic mass is 9.76. The van der Waals surface area contributed by atoms with Crippen molar-refractivity contribution in [1.82, 2.24) is 15.5 Å². The molecule has 0 radical (unpaired) electrons. The molecule has 3 rings (SSSR count). The molecule has 0 aliphatic rings. The summed E-state index contributed by atoms with van der Waals surface area (Å²) < 4.78 is 0. The molecule has 3 aromatic rings. The molecule has 1 aromatic heterocycles. The van der Waals surface area contributed by atoms with Gasteiger partial charge in [-0.25, -0.2) is 0 Å². The van der Waals surface area contributed by atoms with E-state index in [1.807, 2.05) is 50.2 Å². The molecule has 0 unspecified atom stereocenters. The molecule has 0 saturated heterocycles. The Balaban J connectivity index is 1.85. The second-order valence-corrected chi connectivity index (χ2v) is 7.11. The van der Waals surface area contributed by atoms with Crippen LogP contribution in [0.2, 0.25) is 0 Å². The Hall–Kier alpha value is -2.92. The van der Waals surface area contributed by atoms with E-state index in [0.29, 0.717) is 6.54 Å². The molecule has 27 heavy (non-hydrogen) atoms. The van der Waals surface area contributed by atoms with Gasteiger partial charge >= 0.3 is 0 Å². The van der Waals surface area contributed by atoms with Gasteiger partial charge in [-0.2, -0.15) is 5.10 Å². The summed E-state index contributed by atoms with van der Waals surface area (Å²) in [6.07, 6.45) is 0. The fourth-order valence-corrected chi connectivity index (χ4v) is 3.51. The first-order valence-electron chi connectivity index (χ1n) is 9.09. The van der Waals surface area contributed by atoms with Crippen LogP contribution in [0.1, 0.15) is 41.0 Å². The molecule has 1 heterocycles. The molecule has 0 saturated carbocycles. The van der Waals surface area contributed by atoms with Gasteiger partial charge in [0.15, 0.2) is 0 Å². The van der Waals surface area contributed by atoms with E-state index in [4.69, 9.17) is 5.73 Å². The van der Waals surface area contributed by atoms with E-state index in [2.05, 4.69) is 46.7 Å². The van der Waals surface area contributed by atoms with E-state index in [1.165, 1.54) is 0 Å². The van der Waals surface area contributed by atoms with Crippen molar-refractivity contribution in [3.63, 3.8) is 0 Å². The number of nitrogens with zero attached hydrogens (tertiary/aromatic N) is 1. The molecule has 0 bridgehead atoms. The Kier molecular flexibility index (Phi) is 5.42. The SMILES string of the molecule is Cc1n[nH]c(C)c1[C@@H](N)C(=O)NCC(C)(c1ccccc1)c1ccccc1. The maximum Gasteiger partial charge on any atom is 0.241 e. The van der Waals surface area contributed by atoms with Crippen LogP contribution >= 0.6 is 0 Å². The maximum atomic E-state index is 12.8. The van der Waals surface area contributed by atoms with Gasteiger partial charge in [0.1, 0.15) is 6.04 Å². The Morgan fingerprint density at radius 2 is 1.59 bits per heavy atom. The summed E-state index contributed by atoms with van der Waals surface area (Å²) in [6, 6.07) is 19.6. The number of hydrogen-bond acceptors (Lipinski definition) is 3. The van der Waals surface area contributed by atoms with E-state index in [-0.39, 0.29) is 11.3 Å². The van der Waals surface area contributed by atoms with Crippen LogP contribution in [0.15, 0.2) is 60.7 Å². The zero-order chi connectivity index (χ0) is 19.4. The summed E-state index contributed by atoms with van der Waals surface area (Å²) in [5.41, 5.74) is 10.5. The van der Waals surface area contributed by atoms with Gasteiger partial charge in [0.2, 0.25) is 5.91 Å². The number of nitrogens with two attached hydrogens (primary N) is 1. The Morgan fingerprint density at radius 3 is 2.04 bits per heavy atom. The monoisotopic (exact) mass is 362 g/mol. The summed E-state index contributed by atoms with van der Waals surface area (Å²) in [5.74, 6) is -0.208. The second-order valence-electron chi connectivity index (χ2n) is 7.11. The van der Waals surface area contributed by atoms with E-state index < -0.39 is 6.04 Å². The number of carbonyl (C=O) groups is 1. The summed E-state index contributed by atoms with van der Waals surface area (Å²) in [6.45, 7) is 6.31. The first-order chi connectivity index (χ1) is 12.9. The number of aryl methyl sites for hydroxylation is 2. The van der Waals surface area contributed by atoms with Crippen molar-refractivity contribution in [2.45, 2.75) is 32.2 Å². The highest BCUT2D eigenvalue weighted by Gasteiger charge is 2.31. The lowest BCUT2D eigenvalue weighted by Crippen LogP contribution is -2.43. The number of aromatic nitrogens is 2. The van der Waals surface area contributed by atoms with Crippen molar-refractivity contribution in [3.8, 4) is 0 Å². The lowest BCUT2D eigenvalue weighted by molar-refractivity contribution is -0.122. The maximum absolute atomic E-state index is 12.8. The fraction of sp³-hybridized carbons (Fsp3) is 0.273. The highest BCUT2D eigenvalue weighted by atomic mass is 16.2. The molecule has 1 atom stereocenters. The molecule has 0 aliphatic carbocycles. The molecule has 140 valence electrons. The van der Waals surface area contributed by atoms with E-state index in [1.54, 1.807) is 0 Å². The molecule has 0 aliphatic heterocycles. The standard InChI is InChI=1S/C22H26N4O/c1-15-19(16(2)26-25-15)20(23)21(27)24-14-22(3,17-10-6-4-7-11-17)18-12-8-5-9-13-18/h4-13,20H,14,23H2,1-3H3,(H,24,27)(H,25,26)/t20-/m1/s1. The summed E-state index contributed by atoms with van der Waals surface area (Å²) in [5, 5.41) is 10.1. The van der Waals surface area contributed by atoms with Crippen molar-refractivity contribution < 1.29 is 4.79 Å². The normalized spacial score (nSPS) is 12.6. The van der Waals surface area contributed by atoms with E-state index in [9.17, 15) is 4.79 Å². The highest BCUT2D eigenvalue weighted by Crippen LogP contribution is 2.31. The molecule has 0 fully saturated rings. The fourth-order valence-electron chi connectivity index (χ4n) is 3.51. The smallest absolute Gasteiger partial charge is 0.241 e. The third-order valence-corrected chi connectivity index (χ3v) is 5.22. The van der Waals surface area contributed by atoms with Crippen LogP contribution in [0, 0.1) is 13.8 Å². The van der Waals surface area contributed by atoms with Gasteiger partial charge in [-0.05, 0) is 31.9 Å². The van der Waals surface area contributed by atoms with Crippen molar-refractivity contribution in [1.29, 1.82) is 0 Å². The molecule has 5 heteroatoms. The first-order valence-corrected chi connectivity index (χ1v) is 9.09. The van der Waals surface area contributed by atoms with Gasteiger partial charge in [0.05, 0.1) is 5.69 Å². The number of hydrogen-bond donors (Lipinski definition) is 3. The van der Waals surface area contributed by atoms with Gasteiger partial charge in [-0.15, -0.1) is 0 Å². The predicted molar refractivity (Wildman–Crippen MR) is 107 cm³/mol. The molecule has 2 aromatic carbocycles. The van der Waals surface area contributed by atoms with Crippen molar-refractivity contribution >= 4 is 5.91 Å². The third-order valence-electron chi connectivity index (χ3n) is 5.22. The number of carbonyl (C=O) groups excluding carboxylic acids is 1. The van der Waals surface area contributed by atoms with E-state index >= 15 is 0 Å². The Morgan fingerprint density at radius 1 is 1.07 bits per heavy atom. The Bertz CT molecular complexity index is 844. The van der Waals surface area contributed by atoms with Gasteiger partial charge in [0.25, 0.3) is 0 Å². The van der Waals surface area contributed by atoms with Gasteiger partial charge in [0, 0.05) is 23.2 Å². The van der Waals surface area contributed by atoms with Crippen LogP contribution in [0.3, 0.4) is 0 Å². The number of benzene rings is 2. The summed E-state index contributed by atoms with van der Waals surface area (Å²) in [7, 11) is 0. The van der Waals surface area contributed by atoms with Gasteiger partial charge < -0.3 is 11.1 Å². The molecule has 5 nitrogen and oxygen atoms in total. The number of H-pyrrole nitrogens is 1. The average Bonchev–Trinajstić information content (AvgIpc) is 3.04. The molecule has 1 amide bonds. The molecular formula is C22H26N4O. The third kappa shape index (κ3) is 3.78. The zero-order valence-electron chi connectivity index (χ0n) is 16.0. The van der Waals surface area contributed by atoms with Crippen molar-refractivity contribution in [3.05, 3.63) is 88.7 Å². The second kappa shape index (κ2) is 7.76. The van der Waals surface area contributed by atoms with Crippen LogP contribution in [-0.2, 0) is 10.2 Å². The van der Waals surface area contributed by atoms with Crippen molar-refractivity contribution in [2.24, 2.45) is 5.73 Å². The average molecular weight is 362 g/mol. The van der Waals surface area contributed by atoms with Gasteiger partial charge in [-0.1, -0.05) is 60.7 Å². The molecular weight excluding hydrogens is 336 g/mol. The van der Waals surface area contributed by atoms with Gasteiger partial charge in [-0.3, -0.25) is 9.89 Å². The number of rotatable bonds is 6. The van der Waals surface area contributed by atoms with Crippen LogP contribution < -0.4 is 11.1 Å². The lowest BCUT2D eigenvalue weighted by Gasteiger charge is -2.32. The minimum Gasteiger partial charge on any atom is -0.353 e. The quantitative estimate of drug-likeness (QED) is 0.630. The number of aromatic amines is 1. The first kappa shape index (κ1) is 18.9. The van der Waals surface area contributed by atoms with Crippen LogP contribution in [0.4, 0.5) is 0 Å². The minimum atomic E-state index is -0.750. The van der Waals surface area contributed by atoms with E-state index in [0.717, 1.165) is 28.1 Å². The minimum absolute atomic E-state index is 0.208. The van der Waals surface area contributed by atoms with Crippen LogP contribution in [-0.4, -0.2) is 22.6 Å².